The van der Waals surface area contributed by atoms with Crippen LogP contribution in [0.15, 0.2) is 164 Å². The summed E-state index contributed by atoms with van der Waals surface area (Å²) in [5, 5.41) is 12.4. The van der Waals surface area contributed by atoms with Crippen molar-refractivity contribution < 1.29 is 49.5 Å². The molecule has 0 fully saturated rings. The first-order valence-electron chi connectivity index (χ1n) is 30.0. The van der Waals surface area contributed by atoms with E-state index in [0.717, 1.165) is 22.3 Å². The fourth-order valence-electron chi connectivity index (χ4n) is 8.04. The first-order chi connectivity index (χ1) is 38.2. The monoisotopic (exact) mass is 1060 g/mol. The van der Waals surface area contributed by atoms with Crippen LogP contribution in [0.25, 0.3) is 83.9 Å². The van der Waals surface area contributed by atoms with Crippen molar-refractivity contribution in [2.24, 2.45) is 0 Å². The zero-order valence-corrected chi connectivity index (χ0v) is 39.6. The molecular formula is C61H58N3OPt-. The number of nitrogens with zero attached hydrogens (tertiary/aromatic N) is 3. The van der Waals surface area contributed by atoms with E-state index in [2.05, 4.69) is 24.9 Å². The van der Waals surface area contributed by atoms with Gasteiger partial charge in [-0.15, -0.1) is 23.8 Å². The zero-order valence-electron chi connectivity index (χ0n) is 54.3. The molecule has 0 aliphatic heterocycles. The average Bonchev–Trinajstić information content (AvgIpc) is 1.74. The van der Waals surface area contributed by atoms with Crippen molar-refractivity contribution in [3.05, 3.63) is 192 Å². The van der Waals surface area contributed by atoms with Gasteiger partial charge in [0.2, 0.25) is 0 Å². The predicted octanol–water partition coefficient (Wildman–Crippen LogP) is 16.6. The summed E-state index contributed by atoms with van der Waals surface area (Å²) in [4.78, 5) is 9.83. The number of phenolic OH excluding ortho intramolecular Hbond substituents is 1. The summed E-state index contributed by atoms with van der Waals surface area (Å²) in [5.74, 6) is -0.622. The minimum atomic E-state index is -3.94. The Morgan fingerprint density at radius 1 is 0.636 bits per heavy atom. The third kappa shape index (κ3) is 9.22. The average molecular weight is 1060 g/mol. The standard InChI is InChI=1S/C61H58N3O.Pt/c1-38(2)45-29-48(42-19-14-11-15-20-42)34-52(33-45)64-57-22-16-21-53(58(57)63-60(64)55-36-46(39(3)4)35-54(40(5)6)59(55)65)49-30-47(41-17-12-10-13-18-41)31-50(32-49)56-37-44(27-28-62-56)43-23-25-51(26-24-43)61(7,8)9;/h10-31,33-40,65H,1-9H3;/q-1;/i7D3,8D3,9D3,23D,24D,25D,26D,27D,28D,37D,38D;. The van der Waals surface area contributed by atoms with Gasteiger partial charge in [-0.25, -0.2) is 4.98 Å². The normalized spacial score (nSPS) is 16.2. The minimum Gasteiger partial charge on any atom is -0.507 e. The summed E-state index contributed by atoms with van der Waals surface area (Å²) in [6.07, 6.45) is -0.772. The Bertz CT molecular complexity index is 3910. The molecule has 0 aliphatic rings. The zero-order chi connectivity index (χ0) is 60.1. The summed E-state index contributed by atoms with van der Waals surface area (Å²) in [6, 6.07) is 35.0. The SMILES string of the molecule is [2H]c1nc(-c2[c-]c(-c3cccc4c3nc(-c3cc(C(C)C)cc(C(C)C)c3O)n4-c3cc(-c4ccccc4)cc(C([2H])(C)C)c3)cc(-c3ccccc3)c2)c([2H])c(-c2c([2H])c([2H])c(C(C([2H])([2H])[2H])(C([2H])([2H])[2H])C([2H])([2H])[2H])c([2H])c2[2H])c1[2H].[Pt]. The number of hydrogen-bond donors (Lipinski definition) is 1. The van der Waals surface area contributed by atoms with E-state index in [0.29, 0.717) is 55.9 Å². The van der Waals surface area contributed by atoms with Crippen LogP contribution in [0.3, 0.4) is 0 Å². The van der Waals surface area contributed by atoms with Gasteiger partial charge in [0.25, 0.3) is 0 Å². The molecule has 0 radical (unpaired) electrons. The van der Waals surface area contributed by atoms with Gasteiger partial charge in [-0.1, -0.05) is 194 Å². The van der Waals surface area contributed by atoms with Crippen LogP contribution in [0.2, 0.25) is 0 Å². The molecule has 0 atom stereocenters. The molecule has 2 heterocycles. The Balaban J connectivity index is 0.00000900. The van der Waals surface area contributed by atoms with E-state index in [1.807, 2.05) is 148 Å². The van der Waals surface area contributed by atoms with Gasteiger partial charge in [-0.05, 0) is 104 Å². The third-order valence-electron chi connectivity index (χ3n) is 11.6. The molecule has 66 heavy (non-hydrogen) atoms. The molecule has 9 rings (SSSR count). The van der Waals surface area contributed by atoms with Gasteiger partial charge < -0.3 is 5.11 Å². The summed E-state index contributed by atoms with van der Waals surface area (Å²) < 4.78 is 150. The van der Waals surface area contributed by atoms with Crippen molar-refractivity contribution in [2.45, 2.75) is 85.2 Å². The summed E-state index contributed by atoms with van der Waals surface area (Å²) in [6.45, 7) is -0.0160. The number of phenols is 1. The second-order valence-corrected chi connectivity index (χ2v) is 17.2. The Morgan fingerprint density at radius 2 is 1.30 bits per heavy atom. The number of pyridine rings is 1. The maximum Gasteiger partial charge on any atom is 0.148 e. The Hall–Kier alpha value is -6.35. The minimum absolute atomic E-state index is 0. The molecule has 4 nitrogen and oxygen atoms in total. The number of benzene rings is 7. The van der Waals surface area contributed by atoms with Crippen molar-refractivity contribution in [1.29, 1.82) is 0 Å². The third-order valence-corrected chi connectivity index (χ3v) is 11.6. The molecule has 0 amide bonds. The van der Waals surface area contributed by atoms with E-state index in [1.165, 1.54) is 0 Å². The van der Waals surface area contributed by atoms with Crippen molar-refractivity contribution in [1.82, 2.24) is 14.5 Å². The van der Waals surface area contributed by atoms with Gasteiger partial charge in [0, 0.05) is 52.3 Å². The number of hydrogen-bond acceptors (Lipinski definition) is 3. The molecule has 334 valence electrons. The number of aromatic hydroxyl groups is 1. The van der Waals surface area contributed by atoms with Gasteiger partial charge in [-0.3, -0.25) is 9.55 Å². The smallest absolute Gasteiger partial charge is 0.148 e. The largest absolute Gasteiger partial charge is 0.507 e. The van der Waals surface area contributed by atoms with Crippen LogP contribution >= 0.6 is 0 Å². The molecule has 0 spiro atoms. The molecule has 0 saturated heterocycles. The Morgan fingerprint density at radius 3 is 1.94 bits per heavy atom. The van der Waals surface area contributed by atoms with Crippen molar-refractivity contribution in [3.8, 4) is 78.6 Å². The molecule has 5 heteroatoms. The van der Waals surface area contributed by atoms with E-state index in [-0.39, 0.29) is 49.9 Å². The second kappa shape index (κ2) is 18.9. The fourth-order valence-corrected chi connectivity index (χ4v) is 8.04. The van der Waals surface area contributed by atoms with Gasteiger partial charge >= 0.3 is 0 Å². The molecule has 0 saturated carbocycles. The van der Waals surface area contributed by atoms with E-state index < -0.39 is 91.0 Å². The predicted molar refractivity (Wildman–Crippen MR) is 273 cm³/mol. The van der Waals surface area contributed by atoms with Crippen LogP contribution < -0.4 is 0 Å². The molecule has 2 aromatic heterocycles. The quantitative estimate of drug-likeness (QED) is 0.139. The fraction of sp³-hybridized carbons (Fsp3) is 0.213. The van der Waals surface area contributed by atoms with Crippen molar-refractivity contribution in [2.75, 3.05) is 0 Å². The van der Waals surface area contributed by atoms with Crippen LogP contribution in [0.5, 0.6) is 5.75 Å². The molecule has 0 aliphatic carbocycles. The summed E-state index contributed by atoms with van der Waals surface area (Å²) in [7, 11) is 0. The van der Waals surface area contributed by atoms with Crippen LogP contribution in [0.4, 0.5) is 0 Å². The molecule has 9 aromatic rings. The van der Waals surface area contributed by atoms with Crippen LogP contribution in [0, 0.1) is 6.07 Å². The van der Waals surface area contributed by atoms with Gasteiger partial charge in [0.05, 0.1) is 26.2 Å². The number of imidazole rings is 1. The second-order valence-electron chi connectivity index (χ2n) is 17.2. The number of aromatic nitrogens is 3. The summed E-state index contributed by atoms with van der Waals surface area (Å²) >= 11 is 0. The van der Waals surface area contributed by atoms with Crippen LogP contribution in [-0.2, 0) is 26.5 Å². The molecule has 1 N–H and O–H groups in total. The number of fused-ring (bicyclic) bond motifs is 1. The van der Waals surface area contributed by atoms with Crippen molar-refractivity contribution in [3.63, 3.8) is 0 Å². The van der Waals surface area contributed by atoms with E-state index in [9.17, 15) is 10.6 Å². The first kappa shape index (κ1) is 29.3. The van der Waals surface area contributed by atoms with Gasteiger partial charge in [0.1, 0.15) is 11.6 Å². The first-order valence-corrected chi connectivity index (χ1v) is 21.5. The van der Waals surface area contributed by atoms with Crippen LogP contribution in [0.1, 0.15) is 125 Å². The molecule has 0 unspecified atom stereocenters. The number of rotatable bonds is 10. The molecule has 7 aromatic carbocycles. The maximum absolute atomic E-state index is 12.4. The van der Waals surface area contributed by atoms with Gasteiger partial charge in [-0.2, -0.15) is 0 Å². The van der Waals surface area contributed by atoms with E-state index >= 15 is 0 Å². The van der Waals surface area contributed by atoms with E-state index in [1.54, 1.807) is 6.07 Å². The van der Waals surface area contributed by atoms with Crippen molar-refractivity contribution >= 4 is 11.0 Å². The van der Waals surface area contributed by atoms with Gasteiger partial charge in [0.15, 0.2) is 0 Å². The summed E-state index contributed by atoms with van der Waals surface area (Å²) in [5.41, 5.74) is 1.56. The topological polar surface area (TPSA) is 50.9 Å². The number of para-hydroxylation sites is 1. The molecule has 0 bridgehead atoms. The Labute approximate surface area is 429 Å². The Kier molecular flexibility index (Phi) is 8.38. The maximum atomic E-state index is 12.4. The molecular weight excluding hydrogens is 986 g/mol. The van der Waals surface area contributed by atoms with E-state index in [4.69, 9.17) is 22.8 Å². The van der Waals surface area contributed by atoms with Crippen LogP contribution in [-0.4, -0.2) is 19.6 Å².